The lowest BCUT2D eigenvalue weighted by Crippen LogP contribution is -2.32. The molecule has 128 valence electrons. The smallest absolute Gasteiger partial charge is 0.263 e. The van der Waals surface area contributed by atoms with Crippen molar-refractivity contribution in [1.29, 1.82) is 0 Å². The van der Waals surface area contributed by atoms with Crippen molar-refractivity contribution in [2.24, 2.45) is 0 Å². The summed E-state index contributed by atoms with van der Waals surface area (Å²) in [5.74, 6) is -2.78. The van der Waals surface area contributed by atoms with Gasteiger partial charge in [0.15, 0.2) is 0 Å². The lowest BCUT2D eigenvalue weighted by molar-refractivity contribution is -0.115. The second-order valence-corrected chi connectivity index (χ2v) is 6.53. The van der Waals surface area contributed by atoms with E-state index in [1.807, 2.05) is 18.2 Å². The number of thiophene rings is 1. The SMILES string of the molecule is O=C(CNC(=O)c1sc2ccccc2c1Cl)Nc1ccc(F)cc1F. The summed E-state index contributed by atoms with van der Waals surface area (Å²) in [5, 5.41) is 5.77. The van der Waals surface area contributed by atoms with Crippen molar-refractivity contribution in [2.45, 2.75) is 0 Å². The van der Waals surface area contributed by atoms with E-state index >= 15 is 0 Å². The number of rotatable bonds is 4. The molecule has 0 spiro atoms. The summed E-state index contributed by atoms with van der Waals surface area (Å²) in [6.07, 6.45) is 0. The zero-order valence-corrected chi connectivity index (χ0v) is 14.2. The highest BCUT2D eigenvalue weighted by Gasteiger charge is 2.17. The number of carbonyl (C=O) groups excluding carboxylic acids is 2. The first kappa shape index (κ1) is 17.3. The largest absolute Gasteiger partial charge is 0.342 e. The Bertz CT molecular complexity index is 974. The standard InChI is InChI=1S/C17H11ClF2N2O2S/c18-15-10-3-1-2-4-13(10)25-16(15)17(24)21-8-14(23)22-12-6-5-9(19)7-11(12)20/h1-7H,8H2,(H,21,24)(H,22,23). The topological polar surface area (TPSA) is 58.2 Å². The first-order valence-electron chi connectivity index (χ1n) is 7.16. The summed E-state index contributed by atoms with van der Waals surface area (Å²) in [6, 6.07) is 10.1. The van der Waals surface area contributed by atoms with Crippen LogP contribution >= 0.6 is 22.9 Å². The Kier molecular flexibility index (Phi) is 4.96. The molecule has 2 N–H and O–H groups in total. The Hall–Kier alpha value is -2.51. The van der Waals surface area contributed by atoms with E-state index in [1.54, 1.807) is 6.07 Å². The van der Waals surface area contributed by atoms with Crippen LogP contribution in [0.4, 0.5) is 14.5 Å². The molecule has 0 aliphatic rings. The predicted molar refractivity (Wildman–Crippen MR) is 94.2 cm³/mol. The number of amides is 2. The van der Waals surface area contributed by atoms with Gasteiger partial charge in [0.2, 0.25) is 5.91 Å². The third-order valence-corrected chi connectivity index (χ3v) is 5.03. The van der Waals surface area contributed by atoms with Gasteiger partial charge in [-0.1, -0.05) is 29.8 Å². The van der Waals surface area contributed by atoms with Crippen molar-refractivity contribution >= 4 is 50.5 Å². The van der Waals surface area contributed by atoms with E-state index in [1.165, 1.54) is 11.3 Å². The quantitative estimate of drug-likeness (QED) is 0.712. The maximum Gasteiger partial charge on any atom is 0.263 e. The molecule has 3 aromatic rings. The summed E-state index contributed by atoms with van der Waals surface area (Å²) in [6.45, 7) is -0.375. The van der Waals surface area contributed by atoms with E-state index in [9.17, 15) is 18.4 Å². The molecule has 0 radical (unpaired) electrons. The molecule has 1 aromatic heterocycles. The van der Waals surface area contributed by atoms with Gasteiger partial charge in [0.05, 0.1) is 17.3 Å². The number of anilines is 1. The first-order valence-corrected chi connectivity index (χ1v) is 8.35. The van der Waals surface area contributed by atoms with Gasteiger partial charge in [-0.05, 0) is 18.2 Å². The molecule has 0 fully saturated rings. The highest BCUT2D eigenvalue weighted by Crippen LogP contribution is 2.34. The number of benzene rings is 2. The number of hydrogen-bond donors (Lipinski definition) is 2. The van der Waals surface area contributed by atoms with Gasteiger partial charge in [-0.15, -0.1) is 11.3 Å². The number of nitrogens with one attached hydrogen (secondary N) is 2. The minimum Gasteiger partial charge on any atom is -0.342 e. The number of fused-ring (bicyclic) bond motifs is 1. The molecule has 0 atom stereocenters. The molecule has 1 heterocycles. The third-order valence-electron chi connectivity index (χ3n) is 3.36. The Balaban J connectivity index is 1.65. The van der Waals surface area contributed by atoms with Gasteiger partial charge < -0.3 is 10.6 Å². The van der Waals surface area contributed by atoms with Crippen molar-refractivity contribution < 1.29 is 18.4 Å². The third kappa shape index (κ3) is 3.78. The average molecular weight is 381 g/mol. The highest BCUT2D eigenvalue weighted by molar-refractivity contribution is 7.21. The number of carbonyl (C=O) groups is 2. The second kappa shape index (κ2) is 7.16. The molecule has 4 nitrogen and oxygen atoms in total. The molecule has 8 heteroatoms. The zero-order chi connectivity index (χ0) is 18.0. The van der Waals surface area contributed by atoms with Crippen LogP contribution in [0.3, 0.4) is 0 Å². The summed E-state index contributed by atoms with van der Waals surface area (Å²) in [5.41, 5.74) is -0.166. The first-order chi connectivity index (χ1) is 12.0. The number of halogens is 3. The van der Waals surface area contributed by atoms with E-state index in [4.69, 9.17) is 11.6 Å². The van der Waals surface area contributed by atoms with Crippen molar-refractivity contribution in [1.82, 2.24) is 5.32 Å². The van der Waals surface area contributed by atoms with Crippen LogP contribution < -0.4 is 10.6 Å². The monoisotopic (exact) mass is 380 g/mol. The molecule has 3 rings (SSSR count). The summed E-state index contributed by atoms with van der Waals surface area (Å²) < 4.78 is 27.2. The molecule has 2 amide bonds. The van der Waals surface area contributed by atoms with E-state index in [0.717, 1.165) is 22.2 Å². The Morgan fingerprint density at radius 2 is 1.88 bits per heavy atom. The minimum atomic E-state index is -0.896. The van der Waals surface area contributed by atoms with Gasteiger partial charge in [0.1, 0.15) is 16.5 Å². The number of hydrogen-bond acceptors (Lipinski definition) is 3. The fourth-order valence-electron chi connectivity index (χ4n) is 2.19. The fourth-order valence-corrected chi connectivity index (χ4v) is 3.62. The van der Waals surface area contributed by atoms with Gasteiger partial charge >= 0.3 is 0 Å². The van der Waals surface area contributed by atoms with E-state index in [0.29, 0.717) is 16.0 Å². The minimum absolute atomic E-state index is 0.166. The average Bonchev–Trinajstić information content (AvgIpc) is 2.93. The zero-order valence-electron chi connectivity index (χ0n) is 12.6. The van der Waals surface area contributed by atoms with Crippen molar-refractivity contribution in [3.05, 3.63) is 64.0 Å². The summed E-state index contributed by atoms with van der Waals surface area (Å²) >= 11 is 7.41. The van der Waals surface area contributed by atoms with Crippen molar-refractivity contribution in [2.75, 3.05) is 11.9 Å². The molecule has 0 saturated carbocycles. The molecule has 0 bridgehead atoms. The molecule has 0 saturated heterocycles. The van der Waals surface area contributed by atoms with E-state index < -0.39 is 23.4 Å². The lowest BCUT2D eigenvalue weighted by Gasteiger charge is -2.07. The van der Waals surface area contributed by atoms with Crippen LogP contribution in [0.1, 0.15) is 9.67 Å². The molecule has 25 heavy (non-hydrogen) atoms. The van der Waals surface area contributed by atoms with Crippen LogP contribution in [0.25, 0.3) is 10.1 Å². The molecule has 2 aromatic carbocycles. The lowest BCUT2D eigenvalue weighted by atomic mass is 10.2. The summed E-state index contributed by atoms with van der Waals surface area (Å²) in [7, 11) is 0. The Morgan fingerprint density at radius 1 is 1.12 bits per heavy atom. The van der Waals surface area contributed by atoms with Crippen molar-refractivity contribution in [3.8, 4) is 0 Å². The van der Waals surface area contributed by atoms with Crippen LogP contribution in [0.2, 0.25) is 5.02 Å². The highest BCUT2D eigenvalue weighted by atomic mass is 35.5. The van der Waals surface area contributed by atoms with Gasteiger partial charge in [-0.25, -0.2) is 8.78 Å². The Morgan fingerprint density at radius 3 is 2.60 bits per heavy atom. The van der Waals surface area contributed by atoms with Crippen LogP contribution in [-0.4, -0.2) is 18.4 Å². The van der Waals surface area contributed by atoms with Gasteiger partial charge in [-0.2, -0.15) is 0 Å². The van der Waals surface area contributed by atoms with Gasteiger partial charge in [-0.3, -0.25) is 9.59 Å². The van der Waals surface area contributed by atoms with E-state index in [2.05, 4.69) is 10.6 Å². The van der Waals surface area contributed by atoms with Gasteiger partial charge in [0.25, 0.3) is 5.91 Å². The molecular weight excluding hydrogens is 370 g/mol. The predicted octanol–water partition coefficient (Wildman–Crippen LogP) is 4.20. The second-order valence-electron chi connectivity index (χ2n) is 5.10. The molecule has 0 unspecified atom stereocenters. The normalized spacial score (nSPS) is 10.7. The maximum absolute atomic E-state index is 13.5. The molecular formula is C17H11ClF2N2O2S. The van der Waals surface area contributed by atoms with Crippen LogP contribution in [-0.2, 0) is 4.79 Å². The molecule has 0 aliphatic carbocycles. The van der Waals surface area contributed by atoms with Gasteiger partial charge in [0, 0.05) is 16.2 Å². The van der Waals surface area contributed by atoms with E-state index in [-0.39, 0.29) is 12.2 Å². The molecule has 0 aliphatic heterocycles. The van der Waals surface area contributed by atoms with Crippen LogP contribution in [0.15, 0.2) is 42.5 Å². The van der Waals surface area contributed by atoms with Crippen LogP contribution in [0.5, 0.6) is 0 Å². The fraction of sp³-hybridized carbons (Fsp3) is 0.0588. The summed E-state index contributed by atoms with van der Waals surface area (Å²) in [4.78, 5) is 24.3. The maximum atomic E-state index is 13.5. The Labute approximate surface area is 150 Å². The van der Waals surface area contributed by atoms with Crippen molar-refractivity contribution in [3.63, 3.8) is 0 Å². The van der Waals surface area contributed by atoms with Crippen LogP contribution in [0, 0.1) is 11.6 Å².